The Morgan fingerprint density at radius 1 is 1.55 bits per heavy atom. The zero-order chi connectivity index (χ0) is 14.8. The topological polar surface area (TPSA) is 100 Å². The van der Waals surface area contributed by atoms with Gasteiger partial charge in [0.1, 0.15) is 6.33 Å². The van der Waals surface area contributed by atoms with Gasteiger partial charge in [0, 0.05) is 20.1 Å². The van der Waals surface area contributed by atoms with E-state index in [1.54, 1.807) is 22.8 Å². The summed E-state index contributed by atoms with van der Waals surface area (Å²) in [4.78, 5) is 24.9. The lowest BCUT2D eigenvalue weighted by Crippen LogP contribution is -2.41. The van der Waals surface area contributed by atoms with Gasteiger partial charge in [0.05, 0.1) is 12.0 Å². The van der Waals surface area contributed by atoms with Gasteiger partial charge < -0.3 is 19.9 Å². The second-order valence-corrected chi connectivity index (χ2v) is 5.13. The van der Waals surface area contributed by atoms with Crippen LogP contribution >= 0.6 is 0 Å². The summed E-state index contributed by atoms with van der Waals surface area (Å²) in [6, 6.07) is -0.260. The van der Waals surface area contributed by atoms with Crippen LogP contribution in [-0.2, 0) is 18.4 Å². The molecule has 2 N–H and O–H groups in total. The molecular weight excluding hydrogens is 262 g/mol. The van der Waals surface area contributed by atoms with E-state index >= 15 is 0 Å². The highest BCUT2D eigenvalue weighted by molar-refractivity contribution is 5.79. The smallest absolute Gasteiger partial charge is 0.317 e. The van der Waals surface area contributed by atoms with E-state index in [0.717, 1.165) is 0 Å². The largest absolute Gasteiger partial charge is 0.481 e. The number of urea groups is 1. The Morgan fingerprint density at radius 3 is 2.80 bits per heavy atom. The Kier molecular flexibility index (Phi) is 3.91. The number of carbonyl (C=O) groups excluding carboxylic acids is 1. The van der Waals surface area contributed by atoms with Gasteiger partial charge in [-0.3, -0.25) is 4.79 Å². The third-order valence-electron chi connectivity index (χ3n) is 3.97. The zero-order valence-electron chi connectivity index (χ0n) is 11.7. The summed E-state index contributed by atoms with van der Waals surface area (Å²) in [6.45, 7) is 2.83. The summed E-state index contributed by atoms with van der Waals surface area (Å²) in [5, 5.41) is 19.6. The number of hydrogen-bond donors (Lipinski definition) is 2. The molecule has 110 valence electrons. The van der Waals surface area contributed by atoms with Crippen molar-refractivity contribution < 1.29 is 14.7 Å². The fraction of sp³-hybridized carbons (Fsp3) is 0.667. The molecule has 1 atom stereocenters. The van der Waals surface area contributed by atoms with E-state index in [-0.39, 0.29) is 19.1 Å². The van der Waals surface area contributed by atoms with Crippen LogP contribution in [0, 0.1) is 5.41 Å². The molecule has 8 heteroatoms. The van der Waals surface area contributed by atoms with E-state index in [2.05, 4.69) is 15.5 Å². The number of aromatic nitrogens is 3. The molecule has 2 rings (SSSR count). The van der Waals surface area contributed by atoms with Crippen molar-refractivity contribution in [1.82, 2.24) is 25.0 Å². The Labute approximate surface area is 116 Å². The summed E-state index contributed by atoms with van der Waals surface area (Å²) >= 11 is 0. The normalized spacial score (nSPS) is 22.0. The molecule has 1 saturated heterocycles. The van der Waals surface area contributed by atoms with Crippen molar-refractivity contribution in [3.8, 4) is 0 Å². The first-order chi connectivity index (χ1) is 9.48. The van der Waals surface area contributed by atoms with E-state index in [0.29, 0.717) is 25.2 Å². The van der Waals surface area contributed by atoms with Crippen LogP contribution in [-0.4, -0.2) is 49.9 Å². The summed E-state index contributed by atoms with van der Waals surface area (Å²) in [5.74, 6) is -0.180. The van der Waals surface area contributed by atoms with Gasteiger partial charge in [-0.05, 0) is 12.8 Å². The van der Waals surface area contributed by atoms with Crippen LogP contribution in [0.3, 0.4) is 0 Å². The third-order valence-corrected chi connectivity index (χ3v) is 3.97. The van der Waals surface area contributed by atoms with Crippen molar-refractivity contribution in [2.75, 3.05) is 13.1 Å². The van der Waals surface area contributed by atoms with Crippen LogP contribution in [0.2, 0.25) is 0 Å². The van der Waals surface area contributed by atoms with Crippen molar-refractivity contribution in [3.05, 3.63) is 12.2 Å². The fourth-order valence-electron chi connectivity index (χ4n) is 2.39. The molecule has 1 fully saturated rings. The molecule has 0 spiro atoms. The maximum absolute atomic E-state index is 12.0. The number of nitrogens with zero attached hydrogens (tertiary/aromatic N) is 4. The second-order valence-electron chi connectivity index (χ2n) is 5.13. The molecule has 20 heavy (non-hydrogen) atoms. The van der Waals surface area contributed by atoms with Crippen molar-refractivity contribution in [2.45, 2.75) is 26.3 Å². The SMILES string of the molecule is CCC1(C(=O)O)CCN(C(=O)NCc2nncn2C)C1. The van der Waals surface area contributed by atoms with Gasteiger partial charge in [-0.1, -0.05) is 6.92 Å². The number of carboxylic acid groups (broad SMARTS) is 1. The number of rotatable bonds is 4. The quantitative estimate of drug-likeness (QED) is 0.821. The van der Waals surface area contributed by atoms with Gasteiger partial charge >= 0.3 is 12.0 Å². The average Bonchev–Trinajstić information content (AvgIpc) is 3.03. The molecule has 8 nitrogen and oxygen atoms in total. The predicted molar refractivity (Wildman–Crippen MR) is 69.8 cm³/mol. The zero-order valence-corrected chi connectivity index (χ0v) is 11.7. The number of aliphatic carboxylic acids is 1. The Balaban J connectivity index is 1.92. The minimum absolute atomic E-state index is 0.253. The molecule has 0 saturated carbocycles. The number of amides is 2. The molecule has 0 aliphatic carbocycles. The third kappa shape index (κ3) is 2.59. The molecule has 0 radical (unpaired) electrons. The molecule has 0 bridgehead atoms. The number of nitrogens with one attached hydrogen (secondary N) is 1. The minimum Gasteiger partial charge on any atom is -0.481 e. The lowest BCUT2D eigenvalue weighted by atomic mass is 9.84. The Morgan fingerprint density at radius 2 is 2.30 bits per heavy atom. The standard InChI is InChI=1S/C12H19N5O3/c1-3-12(10(18)19)4-5-17(7-12)11(20)13-6-9-15-14-8-16(9)2/h8H,3-7H2,1-2H3,(H,13,20)(H,18,19). The highest BCUT2D eigenvalue weighted by Gasteiger charge is 2.44. The van der Waals surface area contributed by atoms with Crippen LogP contribution in [0.4, 0.5) is 4.79 Å². The van der Waals surface area contributed by atoms with Gasteiger partial charge in [0.25, 0.3) is 0 Å². The monoisotopic (exact) mass is 281 g/mol. The summed E-state index contributed by atoms with van der Waals surface area (Å²) < 4.78 is 1.72. The highest BCUT2D eigenvalue weighted by atomic mass is 16.4. The number of carbonyl (C=O) groups is 2. The maximum Gasteiger partial charge on any atom is 0.317 e. The summed E-state index contributed by atoms with van der Waals surface area (Å²) in [6.07, 6.45) is 2.58. The highest BCUT2D eigenvalue weighted by Crippen LogP contribution is 2.34. The minimum atomic E-state index is -0.830. The number of carboxylic acids is 1. The van der Waals surface area contributed by atoms with Crippen molar-refractivity contribution >= 4 is 12.0 Å². The van der Waals surface area contributed by atoms with Crippen LogP contribution in [0.15, 0.2) is 6.33 Å². The van der Waals surface area contributed by atoms with Crippen molar-refractivity contribution in [3.63, 3.8) is 0 Å². The first-order valence-corrected chi connectivity index (χ1v) is 6.57. The molecule has 0 aromatic carbocycles. The van der Waals surface area contributed by atoms with E-state index in [9.17, 15) is 14.7 Å². The van der Waals surface area contributed by atoms with Crippen LogP contribution in [0.25, 0.3) is 0 Å². The van der Waals surface area contributed by atoms with Gasteiger partial charge in [-0.15, -0.1) is 10.2 Å². The van der Waals surface area contributed by atoms with Gasteiger partial charge in [0.15, 0.2) is 5.82 Å². The molecule has 1 aromatic heterocycles. The Hall–Kier alpha value is -2.12. The number of aryl methyl sites for hydroxylation is 1. The molecule has 1 aliphatic rings. The molecule has 2 heterocycles. The van der Waals surface area contributed by atoms with Crippen molar-refractivity contribution in [1.29, 1.82) is 0 Å². The van der Waals surface area contributed by atoms with Crippen LogP contribution in [0.1, 0.15) is 25.6 Å². The molecule has 2 amide bonds. The predicted octanol–water partition coefficient (Wildman–Crippen LogP) is 0.211. The van der Waals surface area contributed by atoms with E-state index in [1.165, 1.54) is 0 Å². The molecule has 1 unspecified atom stereocenters. The second kappa shape index (κ2) is 5.48. The molecular formula is C12H19N5O3. The van der Waals surface area contributed by atoms with Crippen molar-refractivity contribution in [2.24, 2.45) is 12.5 Å². The number of likely N-dealkylation sites (tertiary alicyclic amines) is 1. The molecule has 1 aliphatic heterocycles. The van der Waals surface area contributed by atoms with Gasteiger partial charge in [0.2, 0.25) is 0 Å². The summed E-state index contributed by atoms with van der Waals surface area (Å²) in [5.41, 5.74) is -0.803. The van der Waals surface area contributed by atoms with E-state index in [4.69, 9.17) is 0 Å². The average molecular weight is 281 g/mol. The lowest BCUT2D eigenvalue weighted by molar-refractivity contribution is -0.148. The first-order valence-electron chi connectivity index (χ1n) is 6.57. The van der Waals surface area contributed by atoms with Gasteiger partial charge in [-0.25, -0.2) is 4.79 Å². The van der Waals surface area contributed by atoms with Crippen LogP contribution in [0.5, 0.6) is 0 Å². The summed E-state index contributed by atoms with van der Waals surface area (Å²) in [7, 11) is 1.80. The first kappa shape index (κ1) is 14.3. The van der Waals surface area contributed by atoms with Gasteiger partial charge in [-0.2, -0.15) is 0 Å². The van der Waals surface area contributed by atoms with E-state index in [1.807, 2.05) is 6.92 Å². The number of hydrogen-bond acceptors (Lipinski definition) is 4. The maximum atomic E-state index is 12.0. The Bertz CT molecular complexity index is 515. The van der Waals surface area contributed by atoms with Crippen LogP contribution < -0.4 is 5.32 Å². The fourth-order valence-corrected chi connectivity index (χ4v) is 2.39. The lowest BCUT2D eigenvalue weighted by Gasteiger charge is -2.23. The molecule has 1 aromatic rings. The van der Waals surface area contributed by atoms with E-state index < -0.39 is 11.4 Å².